The Morgan fingerprint density at radius 3 is 2.42 bits per heavy atom. The second-order valence-electron chi connectivity index (χ2n) is 3.79. The lowest BCUT2D eigenvalue weighted by Gasteiger charge is -2.04. The maximum absolute atomic E-state index is 11.4. The normalized spacial score (nSPS) is 11.5. The lowest BCUT2D eigenvalue weighted by molar-refractivity contribution is 0.602. The maximum atomic E-state index is 11.4. The van der Waals surface area contributed by atoms with Crippen molar-refractivity contribution in [2.45, 2.75) is 14.8 Å². The predicted octanol–water partition coefficient (Wildman–Crippen LogP) is 4.05. The van der Waals surface area contributed by atoms with Crippen molar-refractivity contribution in [1.29, 1.82) is 0 Å². The van der Waals surface area contributed by atoms with Crippen LogP contribution in [0.15, 0.2) is 55.8 Å². The zero-order valence-electron chi connectivity index (χ0n) is 9.80. The minimum atomic E-state index is -3.16. The van der Waals surface area contributed by atoms with Crippen LogP contribution in [0, 0.1) is 0 Å². The van der Waals surface area contributed by atoms with E-state index in [1.165, 1.54) is 18.0 Å². The molecule has 0 aliphatic heterocycles. The molecule has 0 radical (unpaired) electrons. The van der Waals surface area contributed by atoms with Crippen molar-refractivity contribution in [3.63, 3.8) is 0 Å². The Bertz CT molecular complexity index is 702. The fourth-order valence-electron chi connectivity index (χ4n) is 1.34. The quantitative estimate of drug-likeness (QED) is 0.808. The van der Waals surface area contributed by atoms with E-state index in [2.05, 4.69) is 20.9 Å². The highest BCUT2D eigenvalue weighted by molar-refractivity contribution is 9.10. The van der Waals surface area contributed by atoms with Gasteiger partial charge in [0.1, 0.15) is 5.03 Å². The van der Waals surface area contributed by atoms with E-state index in [0.29, 0.717) is 9.92 Å². The lowest BCUT2D eigenvalue weighted by atomic mass is 10.4. The Labute approximate surface area is 129 Å². The first-order chi connectivity index (χ1) is 8.86. The van der Waals surface area contributed by atoms with Crippen molar-refractivity contribution in [2.24, 2.45) is 0 Å². The van der Waals surface area contributed by atoms with Crippen molar-refractivity contribution in [3.8, 4) is 0 Å². The highest BCUT2D eigenvalue weighted by atomic mass is 79.9. The topological polar surface area (TPSA) is 47.0 Å². The lowest BCUT2D eigenvalue weighted by Crippen LogP contribution is -1.96. The first-order valence-electron chi connectivity index (χ1n) is 5.15. The van der Waals surface area contributed by atoms with E-state index in [0.717, 1.165) is 14.4 Å². The molecule has 0 spiro atoms. The summed E-state index contributed by atoms with van der Waals surface area (Å²) >= 11 is 10.6. The molecular formula is C12H9BrClNO2S2. The van der Waals surface area contributed by atoms with Crippen molar-refractivity contribution in [1.82, 2.24) is 4.98 Å². The molecule has 1 aromatic heterocycles. The molecule has 2 aromatic rings. The van der Waals surface area contributed by atoms with Gasteiger partial charge in [0.05, 0.1) is 14.4 Å². The SMILES string of the molecule is CS(=O)(=O)c1ccc(Sc2ncc(Cl)cc2Br)cc1. The van der Waals surface area contributed by atoms with E-state index < -0.39 is 9.84 Å². The number of nitrogens with zero attached hydrogens (tertiary/aromatic N) is 1. The van der Waals surface area contributed by atoms with Crippen LogP contribution in [-0.4, -0.2) is 19.7 Å². The third-order valence-corrected chi connectivity index (χ3v) is 5.47. The highest BCUT2D eigenvalue weighted by Gasteiger charge is 2.08. The zero-order valence-corrected chi connectivity index (χ0v) is 13.8. The van der Waals surface area contributed by atoms with Crippen LogP contribution in [0.5, 0.6) is 0 Å². The molecule has 100 valence electrons. The molecule has 0 saturated carbocycles. The summed E-state index contributed by atoms with van der Waals surface area (Å²) in [5.41, 5.74) is 0. The average Bonchev–Trinajstić information content (AvgIpc) is 2.32. The van der Waals surface area contributed by atoms with E-state index >= 15 is 0 Å². The summed E-state index contributed by atoms with van der Waals surface area (Å²) in [6, 6.07) is 8.44. The third kappa shape index (κ3) is 3.95. The number of pyridine rings is 1. The summed E-state index contributed by atoms with van der Waals surface area (Å²) in [5, 5.41) is 1.33. The molecule has 0 atom stereocenters. The third-order valence-electron chi connectivity index (χ3n) is 2.24. The Morgan fingerprint density at radius 2 is 1.89 bits per heavy atom. The molecule has 7 heteroatoms. The van der Waals surface area contributed by atoms with E-state index in [1.54, 1.807) is 36.5 Å². The minimum absolute atomic E-state index is 0.306. The number of aromatic nitrogens is 1. The first-order valence-corrected chi connectivity index (χ1v) is 9.03. The van der Waals surface area contributed by atoms with E-state index in [-0.39, 0.29) is 0 Å². The van der Waals surface area contributed by atoms with E-state index in [4.69, 9.17) is 11.6 Å². The van der Waals surface area contributed by atoms with Crippen LogP contribution in [0.2, 0.25) is 5.02 Å². The monoisotopic (exact) mass is 377 g/mol. The van der Waals surface area contributed by atoms with Crippen LogP contribution < -0.4 is 0 Å². The molecule has 0 aliphatic carbocycles. The Hall–Kier alpha value is -0.560. The molecule has 0 aliphatic rings. The van der Waals surface area contributed by atoms with Crippen LogP contribution in [0.1, 0.15) is 0 Å². The smallest absolute Gasteiger partial charge is 0.175 e. The number of rotatable bonds is 3. The number of halogens is 2. The van der Waals surface area contributed by atoms with E-state index in [9.17, 15) is 8.42 Å². The summed E-state index contributed by atoms with van der Waals surface area (Å²) in [5.74, 6) is 0. The molecule has 19 heavy (non-hydrogen) atoms. The molecule has 1 heterocycles. The van der Waals surface area contributed by atoms with Gasteiger partial charge in [0.2, 0.25) is 0 Å². The molecule has 0 bridgehead atoms. The summed E-state index contributed by atoms with van der Waals surface area (Å²) in [6.45, 7) is 0. The molecule has 0 N–H and O–H groups in total. The molecule has 0 fully saturated rings. The number of benzene rings is 1. The largest absolute Gasteiger partial charge is 0.247 e. The predicted molar refractivity (Wildman–Crippen MR) is 80.6 cm³/mol. The highest BCUT2D eigenvalue weighted by Crippen LogP contribution is 2.33. The second kappa shape index (κ2) is 5.83. The summed E-state index contributed by atoms with van der Waals surface area (Å²) in [4.78, 5) is 5.42. The first kappa shape index (κ1) is 14.8. The number of hydrogen-bond donors (Lipinski definition) is 0. The zero-order chi connectivity index (χ0) is 14.0. The molecule has 2 rings (SSSR count). The van der Waals surface area contributed by atoms with Gasteiger partial charge >= 0.3 is 0 Å². The van der Waals surface area contributed by atoms with Gasteiger partial charge in [-0.1, -0.05) is 23.4 Å². The molecule has 3 nitrogen and oxygen atoms in total. The van der Waals surface area contributed by atoms with Crippen LogP contribution in [-0.2, 0) is 9.84 Å². The summed E-state index contributed by atoms with van der Waals surface area (Å²) in [6.07, 6.45) is 2.76. The Kier molecular flexibility index (Phi) is 4.55. The van der Waals surface area contributed by atoms with Crippen molar-refractivity contribution in [3.05, 3.63) is 46.0 Å². The molecule has 0 saturated heterocycles. The van der Waals surface area contributed by atoms with Gasteiger partial charge in [0.25, 0.3) is 0 Å². The Balaban J connectivity index is 2.25. The van der Waals surface area contributed by atoms with Gasteiger partial charge < -0.3 is 0 Å². The maximum Gasteiger partial charge on any atom is 0.175 e. The molecular weight excluding hydrogens is 370 g/mol. The standard InChI is InChI=1S/C12H9BrClNO2S2/c1-19(16,17)10-4-2-9(3-5-10)18-12-11(13)6-8(14)7-15-12/h2-7H,1H3. The van der Waals surface area contributed by atoms with Crippen molar-refractivity contribution in [2.75, 3.05) is 6.26 Å². The second-order valence-corrected chi connectivity index (χ2v) is 8.15. The average molecular weight is 379 g/mol. The van der Waals surface area contributed by atoms with Gasteiger partial charge in [-0.3, -0.25) is 0 Å². The van der Waals surface area contributed by atoms with Crippen molar-refractivity contribution < 1.29 is 8.42 Å². The fraction of sp³-hybridized carbons (Fsp3) is 0.0833. The van der Waals surface area contributed by atoms with Crippen LogP contribution in [0.3, 0.4) is 0 Å². The van der Waals surface area contributed by atoms with Gasteiger partial charge in [-0.25, -0.2) is 13.4 Å². The van der Waals surface area contributed by atoms with Gasteiger partial charge in [-0.05, 0) is 46.3 Å². The van der Waals surface area contributed by atoms with E-state index in [1.807, 2.05) is 0 Å². The summed E-state index contributed by atoms with van der Waals surface area (Å²) in [7, 11) is -3.16. The van der Waals surface area contributed by atoms with Gasteiger partial charge in [0.15, 0.2) is 9.84 Å². The van der Waals surface area contributed by atoms with Gasteiger partial charge in [-0.2, -0.15) is 0 Å². The molecule has 0 unspecified atom stereocenters. The van der Waals surface area contributed by atoms with Gasteiger partial charge in [0, 0.05) is 17.3 Å². The summed E-state index contributed by atoms with van der Waals surface area (Å²) < 4.78 is 23.5. The molecule has 1 aromatic carbocycles. The fourth-order valence-corrected chi connectivity index (χ4v) is 3.61. The van der Waals surface area contributed by atoms with Crippen LogP contribution in [0.4, 0.5) is 0 Å². The van der Waals surface area contributed by atoms with Crippen LogP contribution in [0.25, 0.3) is 0 Å². The minimum Gasteiger partial charge on any atom is -0.247 e. The number of hydrogen-bond acceptors (Lipinski definition) is 4. The number of sulfone groups is 1. The van der Waals surface area contributed by atoms with Crippen molar-refractivity contribution >= 4 is 49.1 Å². The van der Waals surface area contributed by atoms with Gasteiger partial charge in [-0.15, -0.1) is 0 Å². The van der Waals surface area contributed by atoms with Crippen LogP contribution >= 0.6 is 39.3 Å². The Morgan fingerprint density at radius 1 is 1.26 bits per heavy atom. The molecule has 0 amide bonds.